The molecule has 0 aromatic heterocycles. The Balaban J connectivity index is 3.73. The summed E-state index contributed by atoms with van der Waals surface area (Å²) in [6, 6.07) is 0. The van der Waals surface area contributed by atoms with E-state index in [0.717, 1.165) is 17.8 Å². The number of hydrogen-bond acceptors (Lipinski definition) is 4. The first-order chi connectivity index (χ1) is 5.70. The summed E-state index contributed by atoms with van der Waals surface area (Å²) in [4.78, 5) is 21.5. The standard InChI is InChI=1S/C8H12O3S/c1-3-11-7(9)5-6-8(10)12-4-2/h5-6H,3-4H2,1-2H3/b6-5-. The van der Waals surface area contributed by atoms with E-state index in [4.69, 9.17) is 0 Å². The van der Waals surface area contributed by atoms with Gasteiger partial charge in [-0.15, -0.1) is 0 Å². The van der Waals surface area contributed by atoms with Gasteiger partial charge in [-0.1, -0.05) is 18.7 Å². The van der Waals surface area contributed by atoms with E-state index in [0.29, 0.717) is 12.4 Å². The molecule has 0 saturated heterocycles. The highest BCUT2D eigenvalue weighted by molar-refractivity contribution is 8.14. The van der Waals surface area contributed by atoms with Crippen LogP contribution in [0.5, 0.6) is 0 Å². The number of carbonyl (C=O) groups is 2. The maximum absolute atomic E-state index is 10.8. The second-order valence-electron chi connectivity index (χ2n) is 1.84. The highest BCUT2D eigenvalue weighted by Gasteiger charge is 1.97. The molecule has 0 aliphatic heterocycles. The van der Waals surface area contributed by atoms with Gasteiger partial charge in [0.15, 0.2) is 0 Å². The third-order valence-electron chi connectivity index (χ3n) is 0.929. The van der Waals surface area contributed by atoms with Gasteiger partial charge in [0.25, 0.3) is 0 Å². The lowest BCUT2D eigenvalue weighted by Crippen LogP contribution is -2.00. The number of esters is 1. The zero-order chi connectivity index (χ0) is 9.40. The van der Waals surface area contributed by atoms with Crippen molar-refractivity contribution in [3.8, 4) is 0 Å². The van der Waals surface area contributed by atoms with Crippen LogP contribution in [0.4, 0.5) is 0 Å². The van der Waals surface area contributed by atoms with E-state index in [1.165, 1.54) is 6.08 Å². The zero-order valence-electron chi connectivity index (χ0n) is 7.20. The number of rotatable bonds is 4. The summed E-state index contributed by atoms with van der Waals surface area (Å²) in [7, 11) is 0. The fraction of sp³-hybridized carbons (Fsp3) is 0.500. The van der Waals surface area contributed by atoms with Gasteiger partial charge in [0, 0.05) is 6.08 Å². The maximum Gasteiger partial charge on any atom is 0.330 e. The number of thioether (sulfide) groups is 1. The lowest BCUT2D eigenvalue weighted by molar-refractivity contribution is -0.137. The molecule has 0 spiro atoms. The second-order valence-corrected chi connectivity index (χ2v) is 3.11. The largest absolute Gasteiger partial charge is 0.463 e. The molecule has 0 rings (SSSR count). The molecule has 0 fully saturated rings. The SMILES string of the molecule is CCOC(=O)/C=C\C(=O)SCC. The van der Waals surface area contributed by atoms with Crippen molar-refractivity contribution < 1.29 is 14.3 Å². The van der Waals surface area contributed by atoms with Crippen molar-refractivity contribution in [2.45, 2.75) is 13.8 Å². The van der Waals surface area contributed by atoms with Crippen molar-refractivity contribution in [2.75, 3.05) is 12.4 Å². The predicted octanol–water partition coefficient (Wildman–Crippen LogP) is 1.39. The van der Waals surface area contributed by atoms with Crippen molar-refractivity contribution in [3.63, 3.8) is 0 Å². The Morgan fingerprint density at radius 1 is 1.33 bits per heavy atom. The van der Waals surface area contributed by atoms with Crippen molar-refractivity contribution in [1.82, 2.24) is 0 Å². The fourth-order valence-electron chi connectivity index (χ4n) is 0.517. The molecule has 0 radical (unpaired) electrons. The Bertz CT molecular complexity index is 167. The van der Waals surface area contributed by atoms with Crippen LogP contribution in [0.15, 0.2) is 12.2 Å². The van der Waals surface area contributed by atoms with Crippen molar-refractivity contribution in [1.29, 1.82) is 0 Å². The lowest BCUT2D eigenvalue weighted by atomic mass is 10.5. The minimum atomic E-state index is -0.470. The van der Waals surface area contributed by atoms with Gasteiger partial charge in [-0.05, 0) is 18.8 Å². The summed E-state index contributed by atoms with van der Waals surface area (Å²) in [5.74, 6) is 0.244. The highest BCUT2D eigenvalue weighted by atomic mass is 32.2. The minimum Gasteiger partial charge on any atom is -0.463 e. The number of ether oxygens (including phenoxy) is 1. The molecule has 0 amide bonds. The molecule has 0 aromatic carbocycles. The molecule has 0 aromatic rings. The van der Waals surface area contributed by atoms with Crippen molar-refractivity contribution in [3.05, 3.63) is 12.2 Å². The summed E-state index contributed by atoms with van der Waals surface area (Å²) < 4.78 is 4.58. The Morgan fingerprint density at radius 2 is 2.00 bits per heavy atom. The van der Waals surface area contributed by atoms with Crippen LogP contribution in [0.1, 0.15) is 13.8 Å². The Labute approximate surface area is 76.2 Å². The van der Waals surface area contributed by atoms with E-state index in [9.17, 15) is 9.59 Å². The number of carbonyl (C=O) groups excluding carboxylic acids is 2. The van der Waals surface area contributed by atoms with Crippen molar-refractivity contribution >= 4 is 22.8 Å². The normalized spacial score (nSPS) is 10.2. The first-order valence-corrected chi connectivity index (χ1v) is 4.70. The molecule has 0 saturated carbocycles. The van der Waals surface area contributed by atoms with E-state index in [1.807, 2.05) is 6.92 Å². The van der Waals surface area contributed by atoms with Gasteiger partial charge >= 0.3 is 5.97 Å². The van der Waals surface area contributed by atoms with Crippen LogP contribution in [-0.4, -0.2) is 23.4 Å². The minimum absolute atomic E-state index is 0.120. The van der Waals surface area contributed by atoms with Crippen LogP contribution < -0.4 is 0 Å². The van der Waals surface area contributed by atoms with Gasteiger partial charge in [-0.2, -0.15) is 0 Å². The first kappa shape index (κ1) is 11.2. The third-order valence-corrected chi connectivity index (χ3v) is 1.64. The van der Waals surface area contributed by atoms with E-state index in [2.05, 4.69) is 4.74 Å². The predicted molar refractivity (Wildman–Crippen MR) is 48.9 cm³/mol. The molecule has 3 nitrogen and oxygen atoms in total. The topological polar surface area (TPSA) is 43.4 Å². The molecule has 0 bridgehead atoms. The van der Waals surface area contributed by atoms with Gasteiger partial charge in [-0.25, -0.2) is 4.79 Å². The van der Waals surface area contributed by atoms with Crippen LogP contribution in [-0.2, 0) is 14.3 Å². The molecule has 0 heterocycles. The molecule has 0 unspecified atom stereocenters. The molecule has 0 N–H and O–H groups in total. The van der Waals surface area contributed by atoms with E-state index in [-0.39, 0.29) is 5.12 Å². The molecular weight excluding hydrogens is 176 g/mol. The molecule has 12 heavy (non-hydrogen) atoms. The molecular formula is C8H12O3S. The summed E-state index contributed by atoms with van der Waals surface area (Å²) in [5, 5.41) is -0.120. The number of hydrogen-bond donors (Lipinski definition) is 0. The van der Waals surface area contributed by atoms with E-state index < -0.39 is 5.97 Å². The summed E-state index contributed by atoms with van der Waals surface area (Å²) in [6.07, 6.45) is 2.38. The first-order valence-electron chi connectivity index (χ1n) is 3.72. The summed E-state index contributed by atoms with van der Waals surface area (Å²) in [6.45, 7) is 3.92. The maximum atomic E-state index is 10.8. The Hall–Kier alpha value is -0.770. The fourth-order valence-corrected chi connectivity index (χ4v) is 0.966. The van der Waals surface area contributed by atoms with E-state index >= 15 is 0 Å². The van der Waals surface area contributed by atoms with Crippen LogP contribution in [0.25, 0.3) is 0 Å². The average Bonchev–Trinajstić information content (AvgIpc) is 2.02. The summed E-state index contributed by atoms with van der Waals surface area (Å²) >= 11 is 1.16. The monoisotopic (exact) mass is 188 g/mol. The van der Waals surface area contributed by atoms with Crippen LogP contribution in [0.2, 0.25) is 0 Å². The van der Waals surface area contributed by atoms with Crippen LogP contribution >= 0.6 is 11.8 Å². The molecule has 4 heteroatoms. The smallest absolute Gasteiger partial charge is 0.330 e. The lowest BCUT2D eigenvalue weighted by Gasteiger charge is -1.93. The molecule has 0 aliphatic rings. The van der Waals surface area contributed by atoms with Gasteiger partial charge < -0.3 is 4.74 Å². The quantitative estimate of drug-likeness (QED) is 0.494. The van der Waals surface area contributed by atoms with Crippen LogP contribution in [0, 0.1) is 0 Å². The van der Waals surface area contributed by atoms with Gasteiger partial charge in [0.05, 0.1) is 6.61 Å². The van der Waals surface area contributed by atoms with Crippen LogP contribution in [0.3, 0.4) is 0 Å². The van der Waals surface area contributed by atoms with Crippen molar-refractivity contribution in [2.24, 2.45) is 0 Å². The Kier molecular flexibility index (Phi) is 6.47. The molecule has 68 valence electrons. The average molecular weight is 188 g/mol. The zero-order valence-corrected chi connectivity index (χ0v) is 8.02. The summed E-state index contributed by atoms with van der Waals surface area (Å²) in [5.41, 5.74) is 0. The van der Waals surface area contributed by atoms with Gasteiger partial charge in [0.2, 0.25) is 5.12 Å². The highest BCUT2D eigenvalue weighted by Crippen LogP contribution is 2.01. The van der Waals surface area contributed by atoms with Gasteiger partial charge in [-0.3, -0.25) is 4.79 Å². The van der Waals surface area contributed by atoms with Gasteiger partial charge in [0.1, 0.15) is 0 Å². The third kappa shape index (κ3) is 5.97. The second kappa shape index (κ2) is 6.91. The Morgan fingerprint density at radius 3 is 2.50 bits per heavy atom. The molecule has 0 aliphatic carbocycles. The molecule has 0 atom stereocenters. The van der Waals surface area contributed by atoms with E-state index in [1.54, 1.807) is 6.92 Å².